The molecule has 1 aromatic heterocycles. The Morgan fingerprint density at radius 3 is 2.33 bits per heavy atom. The molecule has 0 bridgehead atoms. The first-order chi connectivity index (χ1) is 7.20. The van der Waals surface area contributed by atoms with Crippen LogP contribution in [0.5, 0.6) is 0 Å². The second-order valence-electron chi connectivity index (χ2n) is 3.17. The van der Waals surface area contributed by atoms with Gasteiger partial charge < -0.3 is 5.73 Å². The van der Waals surface area contributed by atoms with Gasteiger partial charge in [0.25, 0.3) is 0 Å². The van der Waals surface area contributed by atoms with Crippen LogP contribution >= 0.6 is 34.5 Å². The highest BCUT2D eigenvalue weighted by atomic mass is 35.5. The SMILES string of the molecule is N[C@H](c1ccsc1)c1c(Cl)cccc1Cl. The molecule has 0 spiro atoms. The summed E-state index contributed by atoms with van der Waals surface area (Å²) >= 11 is 13.8. The second-order valence-corrected chi connectivity index (χ2v) is 4.76. The van der Waals surface area contributed by atoms with Gasteiger partial charge in [-0.15, -0.1) is 0 Å². The van der Waals surface area contributed by atoms with Crippen LogP contribution in [0.25, 0.3) is 0 Å². The zero-order valence-corrected chi connectivity index (χ0v) is 10.1. The molecule has 0 aliphatic heterocycles. The highest BCUT2D eigenvalue weighted by Crippen LogP contribution is 2.33. The van der Waals surface area contributed by atoms with Crippen LogP contribution in [0.15, 0.2) is 35.0 Å². The number of thiophene rings is 1. The number of hydrogen-bond acceptors (Lipinski definition) is 2. The zero-order valence-electron chi connectivity index (χ0n) is 7.78. The maximum atomic E-state index is 6.10. The van der Waals surface area contributed by atoms with E-state index < -0.39 is 0 Å². The van der Waals surface area contributed by atoms with Gasteiger partial charge in [0, 0.05) is 15.6 Å². The topological polar surface area (TPSA) is 26.0 Å². The van der Waals surface area contributed by atoms with Crippen LogP contribution in [0.4, 0.5) is 0 Å². The van der Waals surface area contributed by atoms with Crippen molar-refractivity contribution < 1.29 is 0 Å². The third-order valence-electron chi connectivity index (χ3n) is 2.21. The summed E-state index contributed by atoms with van der Waals surface area (Å²) in [6.45, 7) is 0. The molecule has 1 atom stereocenters. The average molecular weight is 258 g/mol. The first kappa shape index (κ1) is 11.0. The lowest BCUT2D eigenvalue weighted by molar-refractivity contribution is 0.877. The van der Waals surface area contributed by atoms with Gasteiger partial charge in [-0.2, -0.15) is 11.3 Å². The summed E-state index contributed by atoms with van der Waals surface area (Å²) in [5.41, 5.74) is 7.93. The van der Waals surface area contributed by atoms with E-state index in [0.29, 0.717) is 10.0 Å². The molecule has 0 radical (unpaired) electrons. The Morgan fingerprint density at radius 1 is 1.13 bits per heavy atom. The first-order valence-electron chi connectivity index (χ1n) is 4.41. The summed E-state index contributed by atoms with van der Waals surface area (Å²) in [4.78, 5) is 0. The lowest BCUT2D eigenvalue weighted by atomic mass is 10.0. The van der Waals surface area contributed by atoms with E-state index in [4.69, 9.17) is 28.9 Å². The van der Waals surface area contributed by atoms with Crippen LogP contribution in [-0.4, -0.2) is 0 Å². The molecule has 0 saturated heterocycles. The summed E-state index contributed by atoms with van der Waals surface area (Å²) in [5, 5.41) is 5.21. The molecule has 0 aliphatic carbocycles. The summed E-state index contributed by atoms with van der Waals surface area (Å²) < 4.78 is 0. The van der Waals surface area contributed by atoms with Crippen molar-refractivity contribution in [3.63, 3.8) is 0 Å². The summed E-state index contributed by atoms with van der Waals surface area (Å²) in [6.07, 6.45) is 0. The summed E-state index contributed by atoms with van der Waals surface area (Å²) in [7, 11) is 0. The molecular formula is C11H9Cl2NS. The van der Waals surface area contributed by atoms with Crippen molar-refractivity contribution in [2.24, 2.45) is 5.73 Å². The van der Waals surface area contributed by atoms with Gasteiger partial charge >= 0.3 is 0 Å². The molecule has 1 heterocycles. The van der Waals surface area contributed by atoms with Gasteiger partial charge in [-0.1, -0.05) is 29.3 Å². The minimum Gasteiger partial charge on any atom is -0.320 e. The number of nitrogens with two attached hydrogens (primary N) is 1. The van der Waals surface area contributed by atoms with Gasteiger partial charge in [-0.25, -0.2) is 0 Å². The highest BCUT2D eigenvalue weighted by molar-refractivity contribution is 7.08. The van der Waals surface area contributed by atoms with E-state index in [2.05, 4.69) is 0 Å². The predicted octanol–water partition coefficient (Wildman–Crippen LogP) is 4.10. The van der Waals surface area contributed by atoms with E-state index in [0.717, 1.165) is 11.1 Å². The fourth-order valence-electron chi connectivity index (χ4n) is 1.43. The van der Waals surface area contributed by atoms with E-state index in [1.54, 1.807) is 23.5 Å². The number of halogens is 2. The van der Waals surface area contributed by atoms with Crippen LogP contribution in [0.3, 0.4) is 0 Å². The van der Waals surface area contributed by atoms with Crippen molar-refractivity contribution in [3.05, 3.63) is 56.2 Å². The molecule has 15 heavy (non-hydrogen) atoms. The van der Waals surface area contributed by atoms with E-state index in [1.165, 1.54) is 0 Å². The Morgan fingerprint density at radius 2 is 1.80 bits per heavy atom. The molecule has 0 fully saturated rings. The van der Waals surface area contributed by atoms with Gasteiger partial charge in [-0.3, -0.25) is 0 Å². The molecule has 1 aromatic carbocycles. The third-order valence-corrected chi connectivity index (χ3v) is 3.57. The molecule has 4 heteroatoms. The number of rotatable bonds is 2. The Bertz CT molecular complexity index is 433. The van der Waals surface area contributed by atoms with Crippen LogP contribution in [0.2, 0.25) is 10.0 Å². The Hall–Kier alpha value is -0.540. The molecule has 2 rings (SSSR count). The number of benzene rings is 1. The molecule has 0 amide bonds. The van der Waals surface area contributed by atoms with Gasteiger partial charge in [0.05, 0.1) is 6.04 Å². The van der Waals surface area contributed by atoms with E-state index in [-0.39, 0.29) is 6.04 Å². The summed E-state index contributed by atoms with van der Waals surface area (Å²) in [6, 6.07) is 7.14. The molecule has 1 nitrogen and oxygen atoms in total. The van der Waals surface area contributed by atoms with Gasteiger partial charge in [0.2, 0.25) is 0 Å². The largest absolute Gasteiger partial charge is 0.320 e. The van der Waals surface area contributed by atoms with Crippen LogP contribution in [0, 0.1) is 0 Å². The van der Waals surface area contributed by atoms with Gasteiger partial charge in [0.15, 0.2) is 0 Å². The molecule has 2 N–H and O–H groups in total. The molecule has 0 unspecified atom stereocenters. The van der Waals surface area contributed by atoms with Crippen molar-refractivity contribution in [1.82, 2.24) is 0 Å². The van der Waals surface area contributed by atoms with Crippen molar-refractivity contribution in [3.8, 4) is 0 Å². The molecular weight excluding hydrogens is 249 g/mol. The second kappa shape index (κ2) is 4.54. The average Bonchev–Trinajstić information content (AvgIpc) is 2.69. The van der Waals surface area contributed by atoms with E-state index in [1.807, 2.05) is 22.9 Å². The lowest BCUT2D eigenvalue weighted by Crippen LogP contribution is -2.11. The monoisotopic (exact) mass is 257 g/mol. The standard InChI is InChI=1S/C11H9Cl2NS/c12-8-2-1-3-9(13)10(8)11(14)7-4-5-15-6-7/h1-6,11H,14H2/t11-/m1/s1. The smallest absolute Gasteiger partial charge is 0.0589 e. The fraction of sp³-hybridized carbons (Fsp3) is 0.0909. The van der Waals surface area contributed by atoms with Gasteiger partial charge in [0.1, 0.15) is 0 Å². The molecule has 78 valence electrons. The van der Waals surface area contributed by atoms with E-state index in [9.17, 15) is 0 Å². The maximum Gasteiger partial charge on any atom is 0.0589 e. The van der Waals surface area contributed by atoms with Crippen molar-refractivity contribution in [2.45, 2.75) is 6.04 Å². The van der Waals surface area contributed by atoms with Crippen molar-refractivity contribution >= 4 is 34.5 Å². The van der Waals surface area contributed by atoms with E-state index >= 15 is 0 Å². The normalized spacial score (nSPS) is 12.7. The first-order valence-corrected chi connectivity index (χ1v) is 6.11. The maximum absolute atomic E-state index is 6.10. The minimum absolute atomic E-state index is 0.252. The third kappa shape index (κ3) is 2.18. The van der Waals surface area contributed by atoms with Crippen LogP contribution in [-0.2, 0) is 0 Å². The molecule has 2 aromatic rings. The van der Waals surface area contributed by atoms with Crippen LogP contribution < -0.4 is 5.73 Å². The quantitative estimate of drug-likeness (QED) is 0.862. The Kier molecular flexibility index (Phi) is 3.32. The molecule has 0 aliphatic rings. The summed E-state index contributed by atoms with van der Waals surface area (Å²) in [5.74, 6) is 0. The Balaban J connectivity index is 2.46. The number of hydrogen-bond donors (Lipinski definition) is 1. The highest BCUT2D eigenvalue weighted by Gasteiger charge is 2.15. The predicted molar refractivity (Wildman–Crippen MR) is 66.8 cm³/mol. The minimum atomic E-state index is -0.252. The lowest BCUT2D eigenvalue weighted by Gasteiger charge is -2.13. The van der Waals surface area contributed by atoms with Crippen molar-refractivity contribution in [1.29, 1.82) is 0 Å². The Labute approximate surface area is 102 Å². The zero-order chi connectivity index (χ0) is 10.8. The van der Waals surface area contributed by atoms with Crippen molar-refractivity contribution in [2.75, 3.05) is 0 Å². The van der Waals surface area contributed by atoms with Crippen LogP contribution in [0.1, 0.15) is 17.2 Å². The molecule has 0 saturated carbocycles. The fourth-order valence-corrected chi connectivity index (χ4v) is 2.76. The van der Waals surface area contributed by atoms with Gasteiger partial charge in [-0.05, 0) is 34.5 Å².